The molecular weight excluding hydrogens is 223 g/mol. The van der Waals surface area contributed by atoms with Crippen LogP contribution in [0, 0.1) is 0 Å². The normalized spacial score (nSPS) is 13.2. The molecule has 0 unspecified atom stereocenters. The van der Waals surface area contributed by atoms with Crippen molar-refractivity contribution in [3.8, 4) is 0 Å². The maximum Gasteiger partial charge on any atom is 0.474 e. The monoisotopic (exact) mass is 242 g/mol. The SMILES string of the molecule is COP(=O)(OC)OCCC(C)(C)SC. The van der Waals surface area contributed by atoms with Gasteiger partial charge in [-0.05, 0) is 12.7 Å². The first-order valence-corrected chi connectivity index (χ1v) is 6.99. The molecule has 0 aromatic heterocycles. The Bertz CT molecular complexity index is 200. The van der Waals surface area contributed by atoms with Crippen molar-refractivity contribution in [2.45, 2.75) is 25.0 Å². The molecule has 0 atom stereocenters. The summed E-state index contributed by atoms with van der Waals surface area (Å²) in [5.74, 6) is 0. The number of phosphoric ester groups is 1. The molecule has 0 aliphatic rings. The summed E-state index contributed by atoms with van der Waals surface area (Å²) in [5.41, 5.74) is 0. The highest BCUT2D eigenvalue weighted by atomic mass is 32.2. The largest absolute Gasteiger partial charge is 0.474 e. The van der Waals surface area contributed by atoms with E-state index >= 15 is 0 Å². The van der Waals surface area contributed by atoms with Crippen molar-refractivity contribution < 1.29 is 18.1 Å². The van der Waals surface area contributed by atoms with E-state index in [-0.39, 0.29) is 4.75 Å². The van der Waals surface area contributed by atoms with Crippen molar-refractivity contribution in [1.29, 1.82) is 0 Å². The van der Waals surface area contributed by atoms with E-state index in [9.17, 15) is 4.57 Å². The van der Waals surface area contributed by atoms with Crippen LogP contribution in [0.2, 0.25) is 0 Å². The van der Waals surface area contributed by atoms with E-state index in [4.69, 9.17) is 4.52 Å². The quantitative estimate of drug-likeness (QED) is 0.642. The van der Waals surface area contributed by atoms with Crippen LogP contribution < -0.4 is 0 Å². The zero-order valence-corrected chi connectivity index (χ0v) is 11.1. The molecule has 0 bridgehead atoms. The number of hydrogen-bond donors (Lipinski definition) is 0. The summed E-state index contributed by atoms with van der Waals surface area (Å²) in [6, 6.07) is 0. The smallest absolute Gasteiger partial charge is 0.290 e. The molecule has 0 aromatic rings. The third-order valence-corrected chi connectivity index (χ3v) is 4.66. The van der Waals surface area contributed by atoms with E-state index in [0.717, 1.165) is 6.42 Å². The topological polar surface area (TPSA) is 44.8 Å². The Labute approximate surface area is 90.3 Å². The molecule has 0 aromatic carbocycles. The molecule has 86 valence electrons. The summed E-state index contributed by atoms with van der Waals surface area (Å²) in [4.78, 5) is 0. The van der Waals surface area contributed by atoms with Gasteiger partial charge in [0.25, 0.3) is 0 Å². The number of thioether (sulfide) groups is 1. The van der Waals surface area contributed by atoms with Gasteiger partial charge >= 0.3 is 7.82 Å². The van der Waals surface area contributed by atoms with E-state index in [0.29, 0.717) is 6.61 Å². The van der Waals surface area contributed by atoms with Crippen LogP contribution in [-0.4, -0.2) is 31.8 Å². The standard InChI is InChI=1S/C8H19O4PS/c1-8(2,14-5)6-7-12-13(9,10-3)11-4/h6-7H2,1-5H3. The van der Waals surface area contributed by atoms with Gasteiger partial charge in [0.05, 0.1) is 6.61 Å². The van der Waals surface area contributed by atoms with Crippen LogP contribution in [0.4, 0.5) is 0 Å². The molecule has 0 spiro atoms. The molecular formula is C8H19O4PS. The molecule has 0 radical (unpaired) electrons. The summed E-state index contributed by atoms with van der Waals surface area (Å²) < 4.78 is 25.9. The zero-order valence-electron chi connectivity index (χ0n) is 9.40. The summed E-state index contributed by atoms with van der Waals surface area (Å²) in [5, 5.41) is 0. The minimum Gasteiger partial charge on any atom is -0.290 e. The van der Waals surface area contributed by atoms with Gasteiger partial charge in [-0.2, -0.15) is 11.8 Å². The van der Waals surface area contributed by atoms with Crippen LogP contribution in [0.25, 0.3) is 0 Å². The number of rotatable bonds is 7. The van der Waals surface area contributed by atoms with Gasteiger partial charge in [0.1, 0.15) is 0 Å². The molecule has 0 rings (SSSR count). The second kappa shape index (κ2) is 6.13. The molecule has 0 heterocycles. The van der Waals surface area contributed by atoms with Crippen LogP contribution >= 0.6 is 19.6 Å². The Kier molecular flexibility index (Phi) is 6.33. The van der Waals surface area contributed by atoms with Gasteiger partial charge in [-0.15, -0.1) is 0 Å². The van der Waals surface area contributed by atoms with Crippen LogP contribution in [0.3, 0.4) is 0 Å². The minimum absolute atomic E-state index is 0.117. The second-order valence-corrected chi connectivity index (χ2v) is 6.76. The van der Waals surface area contributed by atoms with Crippen molar-refractivity contribution in [2.24, 2.45) is 0 Å². The van der Waals surface area contributed by atoms with E-state index in [1.165, 1.54) is 14.2 Å². The number of phosphoric acid groups is 1. The lowest BCUT2D eigenvalue weighted by Crippen LogP contribution is -2.16. The van der Waals surface area contributed by atoms with Crippen LogP contribution in [0.15, 0.2) is 0 Å². The fourth-order valence-electron chi connectivity index (χ4n) is 0.685. The molecule has 0 saturated heterocycles. The van der Waals surface area contributed by atoms with Gasteiger partial charge < -0.3 is 0 Å². The molecule has 0 amide bonds. The van der Waals surface area contributed by atoms with Crippen LogP contribution in [0.1, 0.15) is 20.3 Å². The Hall–Kier alpha value is 0.460. The molecule has 0 aliphatic carbocycles. The third-order valence-electron chi connectivity index (χ3n) is 1.95. The first kappa shape index (κ1) is 14.5. The Morgan fingerprint density at radius 1 is 1.29 bits per heavy atom. The van der Waals surface area contributed by atoms with Gasteiger partial charge in [-0.1, -0.05) is 13.8 Å². The lowest BCUT2D eigenvalue weighted by Gasteiger charge is -2.22. The third kappa shape index (κ3) is 5.37. The number of hydrogen-bond acceptors (Lipinski definition) is 5. The maximum atomic E-state index is 11.5. The fraction of sp³-hybridized carbons (Fsp3) is 1.00. The predicted octanol–water partition coefficient (Wildman–Crippen LogP) is 2.94. The van der Waals surface area contributed by atoms with Crippen molar-refractivity contribution in [3.05, 3.63) is 0 Å². The van der Waals surface area contributed by atoms with Crippen molar-refractivity contribution in [3.63, 3.8) is 0 Å². The van der Waals surface area contributed by atoms with E-state index in [2.05, 4.69) is 22.9 Å². The van der Waals surface area contributed by atoms with E-state index in [1.807, 2.05) is 6.26 Å². The summed E-state index contributed by atoms with van der Waals surface area (Å²) >= 11 is 1.74. The lowest BCUT2D eigenvalue weighted by molar-refractivity contribution is 0.148. The lowest BCUT2D eigenvalue weighted by atomic mass is 10.1. The van der Waals surface area contributed by atoms with E-state index in [1.54, 1.807) is 11.8 Å². The van der Waals surface area contributed by atoms with E-state index < -0.39 is 7.82 Å². The minimum atomic E-state index is -3.29. The molecule has 0 fully saturated rings. The van der Waals surface area contributed by atoms with Gasteiger partial charge in [0.15, 0.2) is 0 Å². The Balaban J connectivity index is 3.90. The molecule has 6 heteroatoms. The maximum absolute atomic E-state index is 11.5. The molecule has 4 nitrogen and oxygen atoms in total. The van der Waals surface area contributed by atoms with Crippen molar-refractivity contribution in [2.75, 3.05) is 27.1 Å². The van der Waals surface area contributed by atoms with Crippen LogP contribution in [-0.2, 0) is 18.1 Å². The zero-order chi connectivity index (χ0) is 11.2. The fourth-order valence-corrected chi connectivity index (χ4v) is 1.65. The average Bonchev–Trinajstić information content (AvgIpc) is 2.17. The Morgan fingerprint density at radius 3 is 2.14 bits per heavy atom. The molecule has 14 heavy (non-hydrogen) atoms. The van der Waals surface area contributed by atoms with Gasteiger partial charge in [-0.25, -0.2) is 4.57 Å². The first-order chi connectivity index (χ1) is 6.39. The highest BCUT2D eigenvalue weighted by Gasteiger charge is 2.24. The molecule has 0 saturated carbocycles. The summed E-state index contributed by atoms with van der Waals surface area (Å²) in [6.45, 7) is 4.57. The van der Waals surface area contributed by atoms with Crippen LogP contribution in [0.5, 0.6) is 0 Å². The molecule has 0 aliphatic heterocycles. The highest BCUT2D eigenvalue weighted by Crippen LogP contribution is 2.47. The Morgan fingerprint density at radius 2 is 1.79 bits per heavy atom. The summed E-state index contributed by atoms with van der Waals surface area (Å²) in [7, 11) is -0.668. The van der Waals surface area contributed by atoms with Gasteiger partial charge in [0, 0.05) is 19.0 Å². The van der Waals surface area contributed by atoms with Gasteiger partial charge in [-0.3, -0.25) is 13.6 Å². The van der Waals surface area contributed by atoms with Crippen molar-refractivity contribution in [1.82, 2.24) is 0 Å². The molecule has 0 N–H and O–H groups in total. The summed E-state index contributed by atoms with van der Waals surface area (Å²) in [6.07, 6.45) is 2.83. The highest BCUT2D eigenvalue weighted by molar-refractivity contribution is 7.99. The second-order valence-electron chi connectivity index (χ2n) is 3.36. The predicted molar refractivity (Wildman–Crippen MR) is 59.8 cm³/mol. The van der Waals surface area contributed by atoms with Crippen molar-refractivity contribution >= 4 is 19.6 Å². The van der Waals surface area contributed by atoms with Gasteiger partial charge in [0.2, 0.25) is 0 Å². The first-order valence-electron chi connectivity index (χ1n) is 4.30. The average molecular weight is 242 g/mol.